The number of benzene rings is 2. The van der Waals surface area contributed by atoms with Crippen LogP contribution in [0.4, 0.5) is 5.69 Å². The first-order valence-corrected chi connectivity index (χ1v) is 6.15. The number of aliphatic carboxylic acids is 1. The van der Waals surface area contributed by atoms with Crippen LogP contribution in [-0.2, 0) is 11.2 Å². The van der Waals surface area contributed by atoms with E-state index in [0.717, 1.165) is 0 Å². The Balaban J connectivity index is 2.52. The molecule has 21 heavy (non-hydrogen) atoms. The van der Waals surface area contributed by atoms with Gasteiger partial charge in [0.25, 0.3) is 5.69 Å². The fourth-order valence-electron chi connectivity index (χ4n) is 2.05. The largest absolute Gasteiger partial charge is 0.497 e. The van der Waals surface area contributed by atoms with Crippen LogP contribution in [0, 0.1) is 10.1 Å². The van der Waals surface area contributed by atoms with Gasteiger partial charge in [-0.25, -0.2) is 0 Å². The lowest BCUT2D eigenvalue weighted by Crippen LogP contribution is -2.01. The normalized spacial score (nSPS) is 10.1. The number of nitrogens with zero attached hydrogens (tertiary/aromatic N) is 1. The van der Waals surface area contributed by atoms with Crippen LogP contribution in [0.1, 0.15) is 5.56 Å². The van der Waals surface area contributed by atoms with Gasteiger partial charge in [-0.15, -0.1) is 0 Å². The molecule has 0 heterocycles. The van der Waals surface area contributed by atoms with Crippen LogP contribution >= 0.6 is 0 Å². The van der Waals surface area contributed by atoms with E-state index in [-0.39, 0.29) is 12.1 Å². The highest BCUT2D eigenvalue weighted by Gasteiger charge is 2.17. The smallest absolute Gasteiger partial charge is 0.307 e. The third-order valence-electron chi connectivity index (χ3n) is 2.99. The van der Waals surface area contributed by atoms with Gasteiger partial charge in [-0.2, -0.15) is 0 Å². The van der Waals surface area contributed by atoms with Crippen LogP contribution in [0.25, 0.3) is 11.1 Å². The van der Waals surface area contributed by atoms with Gasteiger partial charge in [0.2, 0.25) is 0 Å². The van der Waals surface area contributed by atoms with Crippen LogP contribution in [0.15, 0.2) is 42.5 Å². The molecule has 0 saturated heterocycles. The van der Waals surface area contributed by atoms with Gasteiger partial charge >= 0.3 is 5.97 Å². The third kappa shape index (κ3) is 3.36. The Morgan fingerprint density at radius 2 is 2.05 bits per heavy atom. The van der Waals surface area contributed by atoms with Gasteiger partial charge in [0, 0.05) is 6.07 Å². The number of nitro benzene ring substituents is 1. The van der Waals surface area contributed by atoms with Crippen molar-refractivity contribution in [2.24, 2.45) is 0 Å². The Morgan fingerprint density at radius 3 is 2.67 bits per heavy atom. The summed E-state index contributed by atoms with van der Waals surface area (Å²) >= 11 is 0. The molecule has 0 aliphatic rings. The zero-order chi connectivity index (χ0) is 15.4. The number of rotatable bonds is 5. The summed E-state index contributed by atoms with van der Waals surface area (Å²) in [5, 5.41) is 20.0. The van der Waals surface area contributed by atoms with E-state index in [2.05, 4.69) is 0 Å². The zero-order valence-corrected chi connectivity index (χ0v) is 11.3. The number of carboxylic acids is 1. The van der Waals surface area contributed by atoms with Crippen LogP contribution in [0.3, 0.4) is 0 Å². The van der Waals surface area contributed by atoms with Crippen molar-refractivity contribution in [3.8, 4) is 16.9 Å². The van der Waals surface area contributed by atoms with Crippen molar-refractivity contribution < 1.29 is 19.6 Å². The molecule has 0 aliphatic heterocycles. The van der Waals surface area contributed by atoms with E-state index in [9.17, 15) is 14.9 Å². The number of carbonyl (C=O) groups is 1. The molecule has 0 amide bonds. The fourth-order valence-corrected chi connectivity index (χ4v) is 2.05. The van der Waals surface area contributed by atoms with E-state index in [4.69, 9.17) is 9.84 Å². The number of ether oxygens (including phenoxy) is 1. The van der Waals surface area contributed by atoms with Crippen LogP contribution in [-0.4, -0.2) is 23.1 Å². The molecule has 0 fully saturated rings. The van der Waals surface area contributed by atoms with E-state index < -0.39 is 10.9 Å². The summed E-state index contributed by atoms with van der Waals surface area (Å²) < 4.78 is 5.11. The van der Waals surface area contributed by atoms with Crippen molar-refractivity contribution >= 4 is 11.7 Å². The van der Waals surface area contributed by atoms with Gasteiger partial charge < -0.3 is 9.84 Å². The van der Waals surface area contributed by atoms with Gasteiger partial charge in [-0.05, 0) is 29.3 Å². The number of nitro groups is 1. The van der Waals surface area contributed by atoms with Crippen LogP contribution < -0.4 is 4.74 Å². The molecule has 2 rings (SSSR count). The second-order valence-corrected chi connectivity index (χ2v) is 4.41. The standard InChI is InChI=1S/C15H13NO5/c1-21-12-4-2-3-11(9-12)13-6-5-10(8-15(17)18)7-14(13)16(19)20/h2-7,9H,8H2,1H3,(H,17,18). The topological polar surface area (TPSA) is 89.7 Å². The fraction of sp³-hybridized carbons (Fsp3) is 0.133. The van der Waals surface area contributed by atoms with Crippen molar-refractivity contribution in [3.05, 3.63) is 58.1 Å². The minimum Gasteiger partial charge on any atom is -0.497 e. The molecule has 0 unspecified atom stereocenters. The summed E-state index contributed by atoms with van der Waals surface area (Å²) in [6, 6.07) is 11.3. The predicted molar refractivity (Wildman–Crippen MR) is 76.4 cm³/mol. The molecule has 0 aromatic heterocycles. The Morgan fingerprint density at radius 1 is 1.29 bits per heavy atom. The summed E-state index contributed by atoms with van der Waals surface area (Å²) in [6.07, 6.45) is -0.251. The molecule has 0 atom stereocenters. The van der Waals surface area contributed by atoms with E-state index >= 15 is 0 Å². The maximum atomic E-state index is 11.2. The highest BCUT2D eigenvalue weighted by Crippen LogP contribution is 2.32. The van der Waals surface area contributed by atoms with Gasteiger partial charge in [0.05, 0.1) is 24.0 Å². The minimum absolute atomic E-state index is 0.123. The maximum absolute atomic E-state index is 11.2. The average Bonchev–Trinajstić information content (AvgIpc) is 2.46. The first-order chi connectivity index (χ1) is 10.0. The molecule has 2 aromatic rings. The summed E-state index contributed by atoms with van der Waals surface area (Å²) in [5.74, 6) is -0.435. The Bertz CT molecular complexity index is 696. The van der Waals surface area contributed by atoms with Gasteiger partial charge in [0.15, 0.2) is 0 Å². The quantitative estimate of drug-likeness (QED) is 0.674. The molecular formula is C15H13NO5. The van der Waals surface area contributed by atoms with Crippen LogP contribution in [0.2, 0.25) is 0 Å². The van der Waals surface area contributed by atoms with E-state index in [1.807, 2.05) is 0 Å². The third-order valence-corrected chi connectivity index (χ3v) is 2.99. The van der Waals surface area contributed by atoms with Crippen molar-refractivity contribution in [1.29, 1.82) is 0 Å². The molecular weight excluding hydrogens is 274 g/mol. The number of methoxy groups -OCH3 is 1. The zero-order valence-electron chi connectivity index (χ0n) is 11.3. The Kier molecular flexibility index (Phi) is 4.18. The van der Waals surface area contributed by atoms with Crippen LogP contribution in [0.5, 0.6) is 5.75 Å². The minimum atomic E-state index is -1.03. The molecule has 108 valence electrons. The lowest BCUT2D eigenvalue weighted by Gasteiger charge is -2.07. The molecule has 0 aliphatic carbocycles. The number of hydrogen-bond donors (Lipinski definition) is 1. The molecule has 0 saturated carbocycles. The van der Waals surface area contributed by atoms with E-state index in [1.54, 1.807) is 36.4 Å². The van der Waals surface area contributed by atoms with Gasteiger partial charge in [-0.3, -0.25) is 14.9 Å². The molecule has 6 heteroatoms. The van der Waals surface area contributed by atoms with Crippen molar-refractivity contribution in [1.82, 2.24) is 0 Å². The molecule has 1 N–H and O–H groups in total. The average molecular weight is 287 g/mol. The lowest BCUT2D eigenvalue weighted by molar-refractivity contribution is -0.384. The monoisotopic (exact) mass is 287 g/mol. The summed E-state index contributed by atoms with van der Waals surface area (Å²) in [5.41, 5.74) is 1.33. The first-order valence-electron chi connectivity index (χ1n) is 6.15. The second kappa shape index (κ2) is 6.04. The van der Waals surface area contributed by atoms with Crippen molar-refractivity contribution in [2.75, 3.05) is 7.11 Å². The molecule has 0 spiro atoms. The van der Waals surface area contributed by atoms with E-state index in [1.165, 1.54) is 13.2 Å². The Hall–Kier alpha value is -2.89. The van der Waals surface area contributed by atoms with Gasteiger partial charge in [0.1, 0.15) is 5.75 Å². The summed E-state index contributed by atoms with van der Waals surface area (Å²) in [4.78, 5) is 21.4. The highest BCUT2D eigenvalue weighted by atomic mass is 16.6. The maximum Gasteiger partial charge on any atom is 0.307 e. The highest BCUT2D eigenvalue weighted by molar-refractivity contribution is 5.77. The van der Waals surface area contributed by atoms with Gasteiger partial charge in [-0.1, -0.05) is 18.2 Å². The first kappa shape index (κ1) is 14.5. The second-order valence-electron chi connectivity index (χ2n) is 4.41. The predicted octanol–water partition coefficient (Wildman–Crippen LogP) is 2.90. The Labute approximate surface area is 120 Å². The molecule has 0 radical (unpaired) electrons. The van der Waals surface area contributed by atoms with Crippen molar-refractivity contribution in [3.63, 3.8) is 0 Å². The molecule has 6 nitrogen and oxygen atoms in total. The molecule has 2 aromatic carbocycles. The summed E-state index contributed by atoms with van der Waals surface area (Å²) in [7, 11) is 1.52. The summed E-state index contributed by atoms with van der Waals surface area (Å²) in [6.45, 7) is 0. The molecule has 0 bridgehead atoms. The SMILES string of the molecule is COc1cccc(-c2ccc(CC(=O)O)cc2[N+](=O)[O-])c1. The van der Waals surface area contributed by atoms with E-state index in [0.29, 0.717) is 22.4 Å². The lowest BCUT2D eigenvalue weighted by atomic mass is 10.0. The van der Waals surface area contributed by atoms with Crippen molar-refractivity contribution in [2.45, 2.75) is 6.42 Å². The number of hydrogen-bond acceptors (Lipinski definition) is 4. The number of carboxylic acid groups (broad SMARTS) is 1.